The number of hydrogen-bond donors (Lipinski definition) is 0. The molecule has 0 saturated carbocycles. The average Bonchev–Trinajstić information content (AvgIpc) is 2.49. The summed E-state index contributed by atoms with van der Waals surface area (Å²) >= 11 is 0. The zero-order valence-electron chi connectivity index (χ0n) is 10.7. The van der Waals surface area contributed by atoms with Gasteiger partial charge < -0.3 is 4.90 Å². The molecule has 0 spiro atoms. The molecule has 92 valence electrons. The first-order valence-electron chi connectivity index (χ1n) is 6.84. The van der Waals surface area contributed by atoms with Gasteiger partial charge in [-0.15, -0.1) is 0 Å². The van der Waals surface area contributed by atoms with Crippen LogP contribution >= 0.6 is 0 Å². The highest BCUT2D eigenvalue weighted by molar-refractivity contribution is 5.68. The third-order valence-corrected chi connectivity index (χ3v) is 3.67. The predicted molar refractivity (Wildman–Crippen MR) is 77.9 cm³/mol. The van der Waals surface area contributed by atoms with E-state index in [9.17, 15) is 0 Å². The molecule has 2 aromatic carbocycles. The van der Waals surface area contributed by atoms with Crippen molar-refractivity contribution in [3.05, 3.63) is 54.6 Å². The minimum Gasteiger partial charge on any atom is -0.372 e. The van der Waals surface area contributed by atoms with E-state index in [1.54, 1.807) is 0 Å². The molecule has 1 heterocycles. The Bertz CT molecular complexity index is 498. The van der Waals surface area contributed by atoms with Gasteiger partial charge in [-0.25, -0.2) is 0 Å². The second-order valence-electron chi connectivity index (χ2n) is 4.96. The van der Waals surface area contributed by atoms with Crippen LogP contribution in [0.2, 0.25) is 0 Å². The van der Waals surface area contributed by atoms with Gasteiger partial charge in [-0.05, 0) is 42.5 Å². The Morgan fingerprint density at radius 2 is 1.39 bits per heavy atom. The Morgan fingerprint density at radius 1 is 0.667 bits per heavy atom. The van der Waals surface area contributed by atoms with Crippen molar-refractivity contribution in [3.8, 4) is 11.1 Å². The van der Waals surface area contributed by atoms with Gasteiger partial charge in [0.15, 0.2) is 0 Å². The van der Waals surface area contributed by atoms with E-state index in [2.05, 4.69) is 59.5 Å². The second-order valence-corrected chi connectivity index (χ2v) is 4.96. The summed E-state index contributed by atoms with van der Waals surface area (Å²) in [6.45, 7) is 2.41. The third kappa shape index (κ3) is 2.40. The maximum atomic E-state index is 2.51. The van der Waals surface area contributed by atoms with E-state index in [0.717, 1.165) is 0 Å². The summed E-state index contributed by atoms with van der Waals surface area (Å²) in [5, 5.41) is 0. The molecule has 0 bridgehead atoms. The summed E-state index contributed by atoms with van der Waals surface area (Å²) in [6, 6.07) is 19.5. The normalized spacial score (nSPS) is 15.7. The van der Waals surface area contributed by atoms with E-state index in [0.29, 0.717) is 0 Å². The minimum atomic E-state index is 1.21. The van der Waals surface area contributed by atoms with Crippen molar-refractivity contribution >= 4 is 5.69 Å². The topological polar surface area (TPSA) is 3.24 Å². The quantitative estimate of drug-likeness (QED) is 0.751. The van der Waals surface area contributed by atoms with E-state index < -0.39 is 0 Å². The maximum Gasteiger partial charge on any atom is 0.0372 e. The monoisotopic (exact) mass is 237 g/mol. The van der Waals surface area contributed by atoms with Gasteiger partial charge >= 0.3 is 0 Å². The number of hydrogen-bond acceptors (Lipinski definition) is 1. The molecular weight excluding hydrogens is 218 g/mol. The van der Waals surface area contributed by atoms with Crippen LogP contribution in [0.15, 0.2) is 54.6 Å². The van der Waals surface area contributed by atoms with Gasteiger partial charge in [0.05, 0.1) is 0 Å². The molecule has 0 N–H and O–H groups in total. The third-order valence-electron chi connectivity index (χ3n) is 3.67. The Kier molecular flexibility index (Phi) is 3.31. The van der Waals surface area contributed by atoms with Crippen molar-refractivity contribution in [1.82, 2.24) is 0 Å². The van der Waals surface area contributed by atoms with Crippen LogP contribution in [0.5, 0.6) is 0 Å². The lowest BCUT2D eigenvalue weighted by Crippen LogP contribution is -2.29. The van der Waals surface area contributed by atoms with Gasteiger partial charge in [-0.2, -0.15) is 0 Å². The first kappa shape index (κ1) is 11.3. The molecular formula is C17H19N. The summed E-state index contributed by atoms with van der Waals surface area (Å²) in [4.78, 5) is 2.51. The van der Waals surface area contributed by atoms with Gasteiger partial charge in [0.2, 0.25) is 0 Å². The highest BCUT2D eigenvalue weighted by Gasteiger charge is 2.11. The van der Waals surface area contributed by atoms with E-state index in [-0.39, 0.29) is 0 Å². The molecule has 1 nitrogen and oxygen atoms in total. The van der Waals surface area contributed by atoms with Crippen molar-refractivity contribution < 1.29 is 0 Å². The van der Waals surface area contributed by atoms with Crippen LogP contribution < -0.4 is 4.90 Å². The molecule has 0 aromatic heterocycles. The molecule has 0 radical (unpaired) electrons. The van der Waals surface area contributed by atoms with Gasteiger partial charge in [0.25, 0.3) is 0 Å². The fraction of sp³-hybridized carbons (Fsp3) is 0.294. The van der Waals surface area contributed by atoms with Gasteiger partial charge in [-0.3, -0.25) is 0 Å². The molecule has 0 aliphatic carbocycles. The molecule has 1 aliphatic rings. The molecule has 0 unspecified atom stereocenters. The second kappa shape index (κ2) is 5.26. The first-order chi connectivity index (χ1) is 8.93. The van der Waals surface area contributed by atoms with Crippen molar-refractivity contribution in [2.45, 2.75) is 19.3 Å². The summed E-state index contributed by atoms with van der Waals surface area (Å²) < 4.78 is 0. The van der Waals surface area contributed by atoms with Crippen LogP contribution in [0.3, 0.4) is 0 Å². The Balaban J connectivity index is 1.89. The number of benzene rings is 2. The average molecular weight is 237 g/mol. The van der Waals surface area contributed by atoms with Crippen LogP contribution in [0.4, 0.5) is 5.69 Å². The Morgan fingerprint density at radius 3 is 2.17 bits per heavy atom. The number of anilines is 1. The summed E-state index contributed by atoms with van der Waals surface area (Å²) in [5.41, 5.74) is 3.99. The van der Waals surface area contributed by atoms with E-state index in [4.69, 9.17) is 0 Å². The SMILES string of the molecule is c1ccc(-c2cccc(N3CCCCC3)c2)cc1. The summed E-state index contributed by atoms with van der Waals surface area (Å²) in [7, 11) is 0. The lowest BCUT2D eigenvalue weighted by atomic mass is 10.0. The molecule has 1 fully saturated rings. The highest BCUT2D eigenvalue weighted by atomic mass is 15.1. The van der Waals surface area contributed by atoms with Crippen LogP contribution in [-0.2, 0) is 0 Å². The molecule has 1 heteroatoms. The van der Waals surface area contributed by atoms with E-state index in [1.807, 2.05) is 0 Å². The molecule has 0 atom stereocenters. The zero-order valence-corrected chi connectivity index (χ0v) is 10.7. The van der Waals surface area contributed by atoms with Crippen molar-refractivity contribution in [2.75, 3.05) is 18.0 Å². The highest BCUT2D eigenvalue weighted by Crippen LogP contribution is 2.26. The molecule has 0 amide bonds. The fourth-order valence-corrected chi connectivity index (χ4v) is 2.66. The maximum absolute atomic E-state index is 2.51. The van der Waals surface area contributed by atoms with Crippen LogP contribution in [-0.4, -0.2) is 13.1 Å². The lowest BCUT2D eigenvalue weighted by Gasteiger charge is -2.29. The molecule has 1 aliphatic heterocycles. The molecule has 18 heavy (non-hydrogen) atoms. The number of rotatable bonds is 2. The zero-order chi connectivity index (χ0) is 12.2. The number of piperidine rings is 1. The summed E-state index contributed by atoms with van der Waals surface area (Å²) in [6.07, 6.45) is 4.04. The van der Waals surface area contributed by atoms with Gasteiger partial charge in [0, 0.05) is 18.8 Å². The predicted octanol–water partition coefficient (Wildman–Crippen LogP) is 4.34. The first-order valence-corrected chi connectivity index (χ1v) is 6.84. The van der Waals surface area contributed by atoms with E-state index >= 15 is 0 Å². The Hall–Kier alpha value is -1.76. The smallest absolute Gasteiger partial charge is 0.0372 e. The van der Waals surface area contributed by atoms with Gasteiger partial charge in [0.1, 0.15) is 0 Å². The van der Waals surface area contributed by atoms with Crippen molar-refractivity contribution in [2.24, 2.45) is 0 Å². The molecule has 2 aromatic rings. The van der Waals surface area contributed by atoms with Crippen LogP contribution in [0, 0.1) is 0 Å². The number of nitrogens with zero attached hydrogens (tertiary/aromatic N) is 1. The largest absolute Gasteiger partial charge is 0.372 e. The van der Waals surface area contributed by atoms with Crippen molar-refractivity contribution in [1.29, 1.82) is 0 Å². The van der Waals surface area contributed by atoms with Crippen LogP contribution in [0.1, 0.15) is 19.3 Å². The fourth-order valence-electron chi connectivity index (χ4n) is 2.66. The lowest BCUT2D eigenvalue weighted by molar-refractivity contribution is 0.578. The standard InChI is InChI=1S/C17H19N/c1-3-8-15(9-4-1)16-10-7-11-17(14-16)18-12-5-2-6-13-18/h1,3-4,7-11,14H,2,5-6,12-13H2. The van der Waals surface area contributed by atoms with Crippen LogP contribution in [0.25, 0.3) is 11.1 Å². The summed E-state index contributed by atoms with van der Waals surface area (Å²) in [5.74, 6) is 0. The Labute approximate surface area is 109 Å². The molecule has 1 saturated heterocycles. The van der Waals surface area contributed by atoms with E-state index in [1.165, 1.54) is 49.2 Å². The minimum absolute atomic E-state index is 1.21. The van der Waals surface area contributed by atoms with Gasteiger partial charge in [-0.1, -0.05) is 42.5 Å². The molecule has 3 rings (SSSR count). The van der Waals surface area contributed by atoms with Crippen molar-refractivity contribution in [3.63, 3.8) is 0 Å².